The van der Waals surface area contributed by atoms with Crippen molar-refractivity contribution in [2.75, 3.05) is 5.32 Å². The van der Waals surface area contributed by atoms with Crippen LogP contribution >= 0.6 is 0 Å². The molecule has 2 fully saturated rings. The summed E-state index contributed by atoms with van der Waals surface area (Å²) in [6, 6.07) is 13.8. The maximum Gasteiger partial charge on any atom is 0.271 e. The molecule has 5 atom stereocenters. The number of nitrogens with one attached hydrogen (secondary N) is 1. The number of allylic oxidation sites excluding steroid dienone is 2. The van der Waals surface area contributed by atoms with E-state index in [2.05, 4.69) is 5.32 Å². The van der Waals surface area contributed by atoms with E-state index in [4.69, 9.17) is 0 Å². The Balaban J connectivity index is 1.47. The second kappa shape index (κ2) is 8.27. The molecular weight excluding hydrogens is 422 g/mol. The highest BCUT2D eigenvalue weighted by Crippen LogP contribution is 2.50. The number of non-ortho nitro benzene ring substituents is 1. The van der Waals surface area contributed by atoms with Crippen molar-refractivity contribution in [3.05, 3.63) is 82.4 Å². The fourth-order valence-electron chi connectivity index (χ4n) is 5.47. The first kappa shape index (κ1) is 21.1. The van der Waals surface area contributed by atoms with Crippen molar-refractivity contribution in [2.45, 2.75) is 25.3 Å². The molecule has 4 aliphatic rings. The van der Waals surface area contributed by atoms with E-state index in [0.29, 0.717) is 0 Å². The van der Waals surface area contributed by atoms with Crippen molar-refractivity contribution in [1.29, 1.82) is 0 Å². The second-order valence-corrected chi connectivity index (χ2v) is 8.89. The summed E-state index contributed by atoms with van der Waals surface area (Å²) >= 11 is 0. The Labute approximate surface area is 190 Å². The molecule has 1 aliphatic heterocycles. The number of nitro groups is 1. The van der Waals surface area contributed by atoms with Crippen molar-refractivity contribution < 1.29 is 19.3 Å². The molecule has 168 valence electrons. The molecule has 1 N–H and O–H groups in total. The first-order valence-corrected chi connectivity index (χ1v) is 11.1. The summed E-state index contributed by atoms with van der Waals surface area (Å²) in [7, 11) is 0. The fourth-order valence-corrected chi connectivity index (χ4v) is 5.47. The smallest absolute Gasteiger partial charge is 0.271 e. The number of hydrogen-bond donors (Lipinski definition) is 1. The Morgan fingerprint density at radius 1 is 1.00 bits per heavy atom. The molecule has 33 heavy (non-hydrogen) atoms. The minimum atomic E-state index is -1.04. The Bertz CT molecular complexity index is 1130. The van der Waals surface area contributed by atoms with Gasteiger partial charge in [0.15, 0.2) is 0 Å². The number of nitro benzene ring substituents is 1. The van der Waals surface area contributed by atoms with E-state index < -0.39 is 28.7 Å². The summed E-state index contributed by atoms with van der Waals surface area (Å²) in [6.45, 7) is 0. The van der Waals surface area contributed by atoms with E-state index in [1.165, 1.54) is 18.2 Å². The van der Waals surface area contributed by atoms with Crippen molar-refractivity contribution in [2.24, 2.45) is 23.7 Å². The zero-order valence-electron chi connectivity index (χ0n) is 17.8. The predicted octanol–water partition coefficient (Wildman–Crippen LogP) is 3.34. The molecule has 2 aromatic rings. The van der Waals surface area contributed by atoms with Crippen molar-refractivity contribution in [3.8, 4) is 0 Å². The van der Waals surface area contributed by atoms with Gasteiger partial charge in [0.2, 0.25) is 17.7 Å². The second-order valence-electron chi connectivity index (χ2n) is 8.89. The molecule has 6 rings (SSSR count). The largest absolute Gasteiger partial charge is 0.324 e. The average Bonchev–Trinajstić information content (AvgIpc) is 3.11. The van der Waals surface area contributed by atoms with E-state index in [1.807, 2.05) is 42.5 Å². The number of carbonyl (C=O) groups excluding carboxylic acids is 3. The number of nitrogens with zero attached hydrogens (tertiary/aromatic N) is 2. The van der Waals surface area contributed by atoms with Gasteiger partial charge in [-0.15, -0.1) is 0 Å². The molecule has 0 radical (unpaired) electrons. The van der Waals surface area contributed by atoms with Crippen LogP contribution in [0.25, 0.3) is 0 Å². The van der Waals surface area contributed by atoms with Gasteiger partial charge in [-0.1, -0.05) is 48.6 Å². The van der Waals surface area contributed by atoms with Gasteiger partial charge in [-0.05, 0) is 36.3 Å². The number of carbonyl (C=O) groups is 3. The van der Waals surface area contributed by atoms with Crippen LogP contribution < -0.4 is 5.32 Å². The van der Waals surface area contributed by atoms with E-state index in [0.717, 1.165) is 23.3 Å². The average molecular weight is 445 g/mol. The lowest BCUT2D eigenvalue weighted by molar-refractivity contribution is -0.384. The number of fused-ring (bicyclic) bond motifs is 1. The molecule has 8 heteroatoms. The summed E-state index contributed by atoms with van der Waals surface area (Å²) in [5, 5.41) is 13.8. The molecule has 0 aromatic heterocycles. The summed E-state index contributed by atoms with van der Waals surface area (Å²) in [5.74, 6) is -1.90. The summed E-state index contributed by atoms with van der Waals surface area (Å²) < 4.78 is 0. The molecule has 1 saturated carbocycles. The number of likely N-dealkylation sites (tertiary alicyclic amines) is 1. The molecule has 1 heterocycles. The normalized spacial score (nSPS) is 26.2. The van der Waals surface area contributed by atoms with Gasteiger partial charge in [-0.2, -0.15) is 0 Å². The van der Waals surface area contributed by atoms with Gasteiger partial charge in [0.25, 0.3) is 5.69 Å². The van der Waals surface area contributed by atoms with Gasteiger partial charge < -0.3 is 5.32 Å². The number of benzene rings is 2. The first-order valence-electron chi connectivity index (χ1n) is 11.1. The lowest BCUT2D eigenvalue weighted by atomic mass is 9.63. The quantitative estimate of drug-likeness (QED) is 0.317. The van der Waals surface area contributed by atoms with Gasteiger partial charge in [0.1, 0.15) is 6.04 Å². The predicted molar refractivity (Wildman–Crippen MR) is 120 cm³/mol. The Hall–Kier alpha value is -3.81. The summed E-state index contributed by atoms with van der Waals surface area (Å²) in [6.07, 6.45) is 6.00. The van der Waals surface area contributed by atoms with Gasteiger partial charge >= 0.3 is 0 Å². The Morgan fingerprint density at radius 3 is 2.21 bits per heavy atom. The zero-order valence-corrected chi connectivity index (χ0v) is 17.8. The number of amides is 3. The van der Waals surface area contributed by atoms with Crippen LogP contribution in [0, 0.1) is 33.8 Å². The third-order valence-electron chi connectivity index (χ3n) is 7.00. The van der Waals surface area contributed by atoms with Gasteiger partial charge in [-0.25, -0.2) is 0 Å². The lowest BCUT2D eigenvalue weighted by Crippen LogP contribution is -2.49. The maximum absolute atomic E-state index is 13.5. The minimum Gasteiger partial charge on any atom is -0.324 e. The van der Waals surface area contributed by atoms with Crippen LogP contribution in [0.1, 0.15) is 18.4 Å². The van der Waals surface area contributed by atoms with Gasteiger partial charge in [0, 0.05) is 24.2 Å². The van der Waals surface area contributed by atoms with E-state index in [1.54, 1.807) is 6.07 Å². The van der Waals surface area contributed by atoms with Gasteiger partial charge in [-0.3, -0.25) is 29.4 Å². The molecule has 0 spiro atoms. The van der Waals surface area contributed by atoms with Crippen LogP contribution in [0.5, 0.6) is 0 Å². The third kappa shape index (κ3) is 3.71. The highest BCUT2D eigenvalue weighted by molar-refractivity contribution is 6.10. The van der Waals surface area contributed by atoms with Crippen molar-refractivity contribution in [1.82, 2.24) is 4.90 Å². The van der Waals surface area contributed by atoms with E-state index in [-0.39, 0.29) is 41.4 Å². The summed E-state index contributed by atoms with van der Waals surface area (Å²) in [4.78, 5) is 52.1. The standard InChI is InChI=1S/C25H23N3O5/c29-23(26-18-7-4-8-19(14-18)28(32)33)20(13-15-5-2-1-3-6-15)27-24(30)21-16-9-10-17(12-11-16)22(21)25(27)31/h1-10,14,16-17,20-22H,11-13H2,(H,26,29)/t16-,17-,20-,21+,22+/m0/s1. The monoisotopic (exact) mass is 445 g/mol. The van der Waals surface area contributed by atoms with Gasteiger partial charge in [0.05, 0.1) is 16.8 Å². The molecule has 3 aliphatic carbocycles. The van der Waals surface area contributed by atoms with Crippen LogP contribution in [-0.4, -0.2) is 33.6 Å². The molecule has 3 amide bonds. The zero-order chi connectivity index (χ0) is 23.1. The SMILES string of the molecule is O=C(Nc1cccc([N+](=O)[O-])c1)[C@H](Cc1ccccc1)N1C(=O)[C@H]2[C@H](C1=O)[C@H]1C=C[C@H]2CC1. The minimum absolute atomic E-state index is 0.0265. The highest BCUT2D eigenvalue weighted by Gasteiger charge is 2.58. The molecular formula is C25H23N3O5. The van der Waals surface area contributed by atoms with Crippen LogP contribution in [0.3, 0.4) is 0 Å². The molecule has 0 unspecified atom stereocenters. The number of rotatable bonds is 6. The maximum atomic E-state index is 13.5. The first-order chi connectivity index (χ1) is 15.9. The number of anilines is 1. The topological polar surface area (TPSA) is 110 Å². The third-order valence-corrected chi connectivity index (χ3v) is 7.00. The van der Waals surface area contributed by atoms with E-state index >= 15 is 0 Å². The highest BCUT2D eigenvalue weighted by atomic mass is 16.6. The van der Waals surface area contributed by atoms with Crippen molar-refractivity contribution in [3.63, 3.8) is 0 Å². The number of hydrogen-bond acceptors (Lipinski definition) is 5. The molecule has 2 aromatic carbocycles. The summed E-state index contributed by atoms with van der Waals surface area (Å²) in [5.41, 5.74) is 0.896. The van der Waals surface area contributed by atoms with Crippen molar-refractivity contribution >= 4 is 29.1 Å². The molecule has 2 bridgehead atoms. The number of imide groups is 1. The van der Waals surface area contributed by atoms with Crippen LogP contribution in [0.15, 0.2) is 66.7 Å². The van der Waals surface area contributed by atoms with Crippen LogP contribution in [0.4, 0.5) is 11.4 Å². The fraction of sp³-hybridized carbons (Fsp3) is 0.320. The molecule has 8 nitrogen and oxygen atoms in total. The lowest BCUT2D eigenvalue weighted by Gasteiger charge is -2.38. The van der Waals surface area contributed by atoms with Crippen LogP contribution in [-0.2, 0) is 20.8 Å². The Morgan fingerprint density at radius 2 is 1.64 bits per heavy atom. The van der Waals surface area contributed by atoms with E-state index in [9.17, 15) is 24.5 Å². The molecule has 1 saturated heterocycles. The Kier molecular flexibility index (Phi) is 5.28. The van der Waals surface area contributed by atoms with Crippen LogP contribution in [0.2, 0.25) is 0 Å².